The Labute approximate surface area is 184 Å². The third kappa shape index (κ3) is 4.49. The highest BCUT2D eigenvalue weighted by Crippen LogP contribution is 2.41. The zero-order chi connectivity index (χ0) is 22.9. The summed E-state index contributed by atoms with van der Waals surface area (Å²) in [7, 11) is 0. The number of hydrogen-bond acceptors (Lipinski definition) is 3. The standard InChI is InChI=1S/C24H25F4N3O/c1-2-4-15-9-11-31(12-10-15)21-8-7-16(13-18(21)24(26,27)28)29-14-17-22-19(25)5-3-6-20(22)30-23(17)32/h3,5-8,13-15,17H,2,4,9-12H2,1H3,(H,30,32). The van der Waals surface area contributed by atoms with Crippen molar-refractivity contribution >= 4 is 29.2 Å². The Hall–Kier alpha value is -2.90. The first-order valence-electron chi connectivity index (χ1n) is 10.9. The molecule has 32 heavy (non-hydrogen) atoms. The van der Waals surface area contributed by atoms with Crippen LogP contribution in [-0.4, -0.2) is 25.2 Å². The SMILES string of the molecule is CCCC1CCN(c2ccc(N=CC3C(=O)Nc4cccc(F)c43)cc2C(F)(F)F)CC1. The van der Waals surface area contributed by atoms with Crippen molar-refractivity contribution in [3.05, 3.63) is 53.3 Å². The topological polar surface area (TPSA) is 44.7 Å². The number of anilines is 2. The predicted octanol–water partition coefficient (Wildman–Crippen LogP) is 6.30. The van der Waals surface area contributed by atoms with E-state index in [9.17, 15) is 22.4 Å². The van der Waals surface area contributed by atoms with Crippen molar-refractivity contribution in [2.45, 2.75) is 44.7 Å². The van der Waals surface area contributed by atoms with Gasteiger partial charge in [-0.05, 0) is 49.1 Å². The van der Waals surface area contributed by atoms with Gasteiger partial charge in [-0.25, -0.2) is 4.39 Å². The largest absolute Gasteiger partial charge is 0.418 e. The molecule has 1 amide bonds. The van der Waals surface area contributed by atoms with Crippen molar-refractivity contribution in [3.63, 3.8) is 0 Å². The van der Waals surface area contributed by atoms with Gasteiger partial charge in [0.1, 0.15) is 11.7 Å². The van der Waals surface area contributed by atoms with E-state index in [1.165, 1.54) is 30.5 Å². The van der Waals surface area contributed by atoms with Crippen LogP contribution in [0.1, 0.15) is 49.7 Å². The summed E-state index contributed by atoms with van der Waals surface area (Å²) in [5, 5.41) is 2.57. The maximum Gasteiger partial charge on any atom is 0.418 e. The second-order valence-electron chi connectivity index (χ2n) is 8.36. The molecule has 4 nitrogen and oxygen atoms in total. The number of carbonyl (C=O) groups excluding carboxylic acids is 1. The van der Waals surface area contributed by atoms with Gasteiger partial charge in [0.05, 0.1) is 11.3 Å². The number of carbonyl (C=O) groups is 1. The molecule has 1 unspecified atom stereocenters. The zero-order valence-electron chi connectivity index (χ0n) is 17.8. The second kappa shape index (κ2) is 8.92. The van der Waals surface area contributed by atoms with Gasteiger partial charge in [-0.2, -0.15) is 13.2 Å². The lowest BCUT2D eigenvalue weighted by Gasteiger charge is -2.35. The molecule has 170 valence electrons. The third-order valence-corrected chi connectivity index (χ3v) is 6.21. The van der Waals surface area contributed by atoms with Gasteiger partial charge in [-0.3, -0.25) is 9.79 Å². The molecule has 0 spiro atoms. The van der Waals surface area contributed by atoms with Crippen molar-refractivity contribution in [2.24, 2.45) is 10.9 Å². The summed E-state index contributed by atoms with van der Waals surface area (Å²) in [5.74, 6) is -1.44. The molecule has 1 saturated heterocycles. The molecular formula is C24H25F4N3O. The Morgan fingerprint density at radius 1 is 1.19 bits per heavy atom. The molecule has 0 saturated carbocycles. The Kier molecular flexibility index (Phi) is 6.22. The smallest absolute Gasteiger partial charge is 0.371 e. The normalized spacial score (nSPS) is 19.5. The summed E-state index contributed by atoms with van der Waals surface area (Å²) in [6.45, 7) is 3.30. The van der Waals surface area contributed by atoms with E-state index in [1.807, 2.05) is 0 Å². The molecule has 1 fully saturated rings. The number of hydrogen-bond donors (Lipinski definition) is 1. The number of alkyl halides is 3. The molecule has 4 rings (SSSR count). The molecule has 1 N–H and O–H groups in total. The van der Waals surface area contributed by atoms with Crippen LogP contribution in [0, 0.1) is 11.7 Å². The lowest BCUT2D eigenvalue weighted by atomic mass is 9.92. The van der Waals surface area contributed by atoms with Crippen molar-refractivity contribution in [3.8, 4) is 0 Å². The number of amides is 1. The third-order valence-electron chi connectivity index (χ3n) is 6.21. The summed E-state index contributed by atoms with van der Waals surface area (Å²) in [6, 6.07) is 8.24. The van der Waals surface area contributed by atoms with Crippen LogP contribution in [0.4, 0.5) is 34.6 Å². The number of piperidine rings is 1. The average Bonchev–Trinajstić information content (AvgIpc) is 3.08. The van der Waals surface area contributed by atoms with Crippen LogP contribution in [0.5, 0.6) is 0 Å². The lowest BCUT2D eigenvalue weighted by molar-refractivity contribution is -0.137. The number of nitrogens with zero attached hydrogens (tertiary/aromatic N) is 2. The summed E-state index contributed by atoms with van der Waals surface area (Å²) in [6.07, 6.45) is 0.616. The first kappa shape index (κ1) is 22.3. The number of fused-ring (bicyclic) bond motifs is 1. The minimum atomic E-state index is -4.54. The Morgan fingerprint density at radius 2 is 1.94 bits per heavy atom. The van der Waals surface area contributed by atoms with E-state index in [0.29, 0.717) is 24.7 Å². The molecule has 0 aliphatic carbocycles. The average molecular weight is 447 g/mol. The van der Waals surface area contributed by atoms with E-state index in [0.717, 1.165) is 31.7 Å². The molecule has 2 aromatic carbocycles. The first-order chi connectivity index (χ1) is 15.3. The number of nitrogens with one attached hydrogen (secondary N) is 1. The molecular weight excluding hydrogens is 422 g/mol. The molecule has 2 aliphatic heterocycles. The molecule has 8 heteroatoms. The molecule has 2 heterocycles. The van der Waals surface area contributed by atoms with E-state index in [-0.39, 0.29) is 16.9 Å². The van der Waals surface area contributed by atoms with E-state index in [2.05, 4.69) is 17.2 Å². The molecule has 0 aromatic heterocycles. The summed E-state index contributed by atoms with van der Waals surface area (Å²) < 4.78 is 55.7. The highest BCUT2D eigenvalue weighted by molar-refractivity contribution is 6.12. The molecule has 2 aromatic rings. The van der Waals surface area contributed by atoms with Crippen LogP contribution in [0.15, 0.2) is 41.4 Å². The fourth-order valence-electron chi connectivity index (χ4n) is 4.58. The highest BCUT2D eigenvalue weighted by Gasteiger charge is 2.36. The molecule has 2 aliphatic rings. The van der Waals surface area contributed by atoms with Gasteiger partial charge in [0.15, 0.2) is 0 Å². The Bertz CT molecular complexity index is 1030. The van der Waals surface area contributed by atoms with E-state index in [1.54, 1.807) is 11.0 Å². The predicted molar refractivity (Wildman–Crippen MR) is 117 cm³/mol. The van der Waals surface area contributed by atoms with Crippen LogP contribution in [0.25, 0.3) is 0 Å². The maximum atomic E-state index is 14.2. The number of halogens is 4. The van der Waals surface area contributed by atoms with E-state index >= 15 is 0 Å². The van der Waals surface area contributed by atoms with Gasteiger partial charge in [0.2, 0.25) is 5.91 Å². The second-order valence-corrected chi connectivity index (χ2v) is 8.36. The van der Waals surface area contributed by atoms with Crippen molar-refractivity contribution in [1.82, 2.24) is 0 Å². The van der Waals surface area contributed by atoms with Crippen LogP contribution >= 0.6 is 0 Å². The Balaban J connectivity index is 1.59. The lowest BCUT2D eigenvalue weighted by Crippen LogP contribution is -2.35. The minimum absolute atomic E-state index is 0.0690. The Morgan fingerprint density at radius 3 is 2.62 bits per heavy atom. The van der Waals surface area contributed by atoms with Gasteiger partial charge >= 0.3 is 6.18 Å². The fraction of sp³-hybridized carbons (Fsp3) is 0.417. The maximum absolute atomic E-state index is 14.2. The number of benzene rings is 2. The monoisotopic (exact) mass is 447 g/mol. The summed E-state index contributed by atoms with van der Waals surface area (Å²) in [5.41, 5.74) is -0.0161. The van der Waals surface area contributed by atoms with E-state index in [4.69, 9.17) is 0 Å². The van der Waals surface area contributed by atoms with Crippen LogP contribution < -0.4 is 10.2 Å². The molecule has 0 bridgehead atoms. The van der Waals surface area contributed by atoms with Crippen LogP contribution in [0.3, 0.4) is 0 Å². The summed E-state index contributed by atoms with van der Waals surface area (Å²) in [4.78, 5) is 18.1. The number of aliphatic imine (C=N–C) groups is 1. The van der Waals surface area contributed by atoms with Gasteiger partial charge in [0, 0.05) is 36.2 Å². The van der Waals surface area contributed by atoms with Gasteiger partial charge in [-0.15, -0.1) is 0 Å². The zero-order valence-corrected chi connectivity index (χ0v) is 17.8. The number of rotatable bonds is 5. The minimum Gasteiger partial charge on any atom is -0.371 e. The van der Waals surface area contributed by atoms with Crippen molar-refractivity contribution in [1.29, 1.82) is 0 Å². The van der Waals surface area contributed by atoms with Gasteiger partial charge in [0.25, 0.3) is 0 Å². The quantitative estimate of drug-likeness (QED) is 0.432. The van der Waals surface area contributed by atoms with Gasteiger partial charge < -0.3 is 10.2 Å². The van der Waals surface area contributed by atoms with Crippen LogP contribution in [-0.2, 0) is 11.0 Å². The van der Waals surface area contributed by atoms with Crippen molar-refractivity contribution in [2.75, 3.05) is 23.3 Å². The van der Waals surface area contributed by atoms with Crippen LogP contribution in [0.2, 0.25) is 0 Å². The summed E-state index contributed by atoms with van der Waals surface area (Å²) >= 11 is 0. The first-order valence-corrected chi connectivity index (χ1v) is 10.9. The van der Waals surface area contributed by atoms with Gasteiger partial charge in [-0.1, -0.05) is 25.8 Å². The van der Waals surface area contributed by atoms with E-state index < -0.39 is 29.4 Å². The molecule has 1 atom stereocenters. The molecule has 0 radical (unpaired) electrons. The fourth-order valence-corrected chi connectivity index (χ4v) is 4.58. The van der Waals surface area contributed by atoms with Crippen molar-refractivity contribution < 1.29 is 22.4 Å². The highest BCUT2D eigenvalue weighted by atomic mass is 19.4.